The maximum absolute atomic E-state index is 6.31. The summed E-state index contributed by atoms with van der Waals surface area (Å²) in [5.74, 6) is 0.858. The van der Waals surface area contributed by atoms with E-state index in [-0.39, 0.29) is 6.61 Å². The smallest absolute Gasteiger partial charge is 0.169 e. The lowest BCUT2D eigenvalue weighted by Crippen LogP contribution is -2.17. The molecule has 0 atom stereocenters. The summed E-state index contributed by atoms with van der Waals surface area (Å²) in [6.07, 6.45) is 6.37. The van der Waals surface area contributed by atoms with Crippen LogP contribution in [0.5, 0.6) is 5.75 Å². The molecule has 1 aliphatic heterocycles. The monoisotopic (exact) mass is 466 g/mol. The van der Waals surface area contributed by atoms with Gasteiger partial charge >= 0.3 is 0 Å². The van der Waals surface area contributed by atoms with E-state index in [1.54, 1.807) is 18.3 Å². The van der Waals surface area contributed by atoms with Gasteiger partial charge in [-0.1, -0.05) is 35.3 Å². The molecule has 0 radical (unpaired) electrons. The number of hydrogen-bond acceptors (Lipinski definition) is 4. The summed E-state index contributed by atoms with van der Waals surface area (Å²) in [6.45, 7) is 3.48. The number of ether oxygens (including phenoxy) is 1. The number of nitrogen functional groups attached to an aromatic ring is 1. The van der Waals surface area contributed by atoms with Gasteiger partial charge in [-0.2, -0.15) is 0 Å². The molecule has 0 saturated carbocycles. The molecule has 2 aromatic heterocycles. The van der Waals surface area contributed by atoms with E-state index >= 15 is 0 Å². The molecule has 164 valence electrons. The Balaban J connectivity index is 1.48. The number of pyridine rings is 1. The second-order valence-electron chi connectivity index (χ2n) is 8.12. The van der Waals surface area contributed by atoms with Crippen LogP contribution >= 0.6 is 23.2 Å². The molecule has 0 spiro atoms. The van der Waals surface area contributed by atoms with Gasteiger partial charge in [0.05, 0.1) is 0 Å². The van der Waals surface area contributed by atoms with Crippen molar-refractivity contribution < 1.29 is 4.74 Å². The summed E-state index contributed by atoms with van der Waals surface area (Å²) in [7, 11) is 0. The highest BCUT2D eigenvalue weighted by molar-refractivity contribution is 6.35. The quantitative estimate of drug-likeness (QED) is 0.350. The van der Waals surface area contributed by atoms with Gasteiger partial charge in [0.25, 0.3) is 0 Å². The third kappa shape index (κ3) is 4.16. The summed E-state index contributed by atoms with van der Waals surface area (Å²) >= 11 is 12.6. The van der Waals surface area contributed by atoms with Crippen LogP contribution in [0.3, 0.4) is 0 Å². The fourth-order valence-electron chi connectivity index (χ4n) is 4.32. The Morgan fingerprint density at radius 1 is 1.06 bits per heavy atom. The molecule has 1 aliphatic rings. The lowest BCUT2D eigenvalue weighted by atomic mass is 10.0. The van der Waals surface area contributed by atoms with Crippen molar-refractivity contribution in [2.45, 2.75) is 26.0 Å². The van der Waals surface area contributed by atoms with Crippen LogP contribution in [0.1, 0.15) is 24.0 Å². The Bertz CT molecular complexity index is 1240. The van der Waals surface area contributed by atoms with Crippen LogP contribution in [0, 0.1) is 0 Å². The van der Waals surface area contributed by atoms with Crippen LogP contribution in [-0.4, -0.2) is 28.0 Å². The fourth-order valence-corrected chi connectivity index (χ4v) is 4.82. The summed E-state index contributed by atoms with van der Waals surface area (Å²) in [5, 5.41) is 2.33. The number of likely N-dealkylation sites (tertiary alicyclic amines) is 1. The molecular formula is C25H24Cl2N4O. The van der Waals surface area contributed by atoms with Gasteiger partial charge in [0.2, 0.25) is 0 Å². The number of benzene rings is 2. The molecule has 1 saturated heterocycles. The lowest BCUT2D eigenvalue weighted by Gasteiger charge is -2.16. The van der Waals surface area contributed by atoms with E-state index in [1.807, 2.05) is 12.1 Å². The molecule has 3 heterocycles. The Labute approximate surface area is 197 Å². The number of fused-ring (bicyclic) bond motifs is 1. The predicted octanol–water partition coefficient (Wildman–Crippen LogP) is 6.29. The molecule has 1 fully saturated rings. The average molecular weight is 467 g/mol. The van der Waals surface area contributed by atoms with E-state index in [0.717, 1.165) is 41.8 Å². The topological polar surface area (TPSA) is 67.2 Å². The molecule has 5 rings (SSSR count). The van der Waals surface area contributed by atoms with Gasteiger partial charge in [0.1, 0.15) is 6.61 Å². The van der Waals surface area contributed by atoms with Gasteiger partial charge in [-0.3, -0.25) is 4.90 Å². The number of rotatable bonds is 6. The van der Waals surface area contributed by atoms with Crippen LogP contribution in [0.25, 0.3) is 22.0 Å². The Morgan fingerprint density at radius 3 is 2.62 bits per heavy atom. The van der Waals surface area contributed by atoms with E-state index in [9.17, 15) is 0 Å². The van der Waals surface area contributed by atoms with E-state index in [1.165, 1.54) is 23.8 Å². The van der Waals surface area contributed by atoms with E-state index in [2.05, 4.69) is 39.3 Å². The molecule has 2 aromatic carbocycles. The first-order chi connectivity index (χ1) is 15.6. The zero-order valence-corrected chi connectivity index (χ0v) is 19.1. The minimum atomic E-state index is 0.202. The highest BCUT2D eigenvalue weighted by Crippen LogP contribution is 2.37. The molecule has 7 heteroatoms. The zero-order chi connectivity index (χ0) is 22.1. The van der Waals surface area contributed by atoms with Crippen molar-refractivity contribution in [3.63, 3.8) is 0 Å². The minimum Gasteiger partial charge on any atom is -0.484 e. The highest BCUT2D eigenvalue weighted by atomic mass is 35.5. The lowest BCUT2D eigenvalue weighted by molar-refractivity contribution is 0.308. The maximum atomic E-state index is 6.31. The number of H-pyrrole nitrogens is 1. The Kier molecular flexibility index (Phi) is 5.96. The number of nitrogens with two attached hydrogens (primary N) is 1. The zero-order valence-electron chi connectivity index (χ0n) is 17.6. The van der Waals surface area contributed by atoms with Crippen molar-refractivity contribution in [1.29, 1.82) is 0 Å². The number of nitrogens with zero attached hydrogens (tertiary/aromatic N) is 2. The number of halogens is 2. The second kappa shape index (κ2) is 9.02. The molecule has 4 aromatic rings. The van der Waals surface area contributed by atoms with Crippen LogP contribution in [0.4, 0.5) is 5.82 Å². The second-order valence-corrected chi connectivity index (χ2v) is 8.93. The first-order valence-electron chi connectivity index (χ1n) is 10.7. The molecule has 32 heavy (non-hydrogen) atoms. The van der Waals surface area contributed by atoms with Crippen LogP contribution in [0.15, 0.2) is 54.9 Å². The third-order valence-corrected chi connectivity index (χ3v) is 6.73. The van der Waals surface area contributed by atoms with Crippen molar-refractivity contribution in [2.75, 3.05) is 18.8 Å². The highest BCUT2D eigenvalue weighted by Gasteiger charge is 2.17. The molecule has 0 aliphatic carbocycles. The number of aromatic nitrogens is 2. The standard InChI is InChI=1S/C25H24Cl2N4O/c26-21-4-3-5-22(27)20(21)15-32-24-18(8-9-29-25(24)28)16-6-7-23-19(12-16)17(13-30-23)14-31-10-1-2-11-31/h3-9,12-13,30H,1-2,10-11,14-15H2,(H2,28,29). The number of nitrogens with one attached hydrogen (secondary N) is 1. The molecule has 5 nitrogen and oxygen atoms in total. The van der Waals surface area contributed by atoms with Gasteiger partial charge < -0.3 is 15.5 Å². The maximum Gasteiger partial charge on any atom is 0.169 e. The molecule has 0 unspecified atom stereocenters. The van der Waals surface area contributed by atoms with Gasteiger partial charge in [0, 0.05) is 51.0 Å². The van der Waals surface area contributed by atoms with Crippen molar-refractivity contribution >= 4 is 39.9 Å². The SMILES string of the molecule is Nc1nccc(-c2ccc3[nH]cc(CN4CCCC4)c3c2)c1OCc1c(Cl)cccc1Cl. The van der Waals surface area contributed by atoms with Crippen molar-refractivity contribution in [3.8, 4) is 16.9 Å². The number of aromatic amines is 1. The summed E-state index contributed by atoms with van der Waals surface area (Å²) in [4.78, 5) is 10.1. The molecular weight excluding hydrogens is 443 g/mol. The van der Waals surface area contributed by atoms with Crippen LogP contribution in [0.2, 0.25) is 10.0 Å². The van der Waals surface area contributed by atoms with E-state index in [4.69, 9.17) is 33.7 Å². The largest absolute Gasteiger partial charge is 0.484 e. The van der Waals surface area contributed by atoms with Crippen LogP contribution < -0.4 is 10.5 Å². The minimum absolute atomic E-state index is 0.202. The summed E-state index contributed by atoms with van der Waals surface area (Å²) in [5.41, 5.74) is 11.3. The molecule has 0 amide bonds. The Hall–Kier alpha value is -2.73. The van der Waals surface area contributed by atoms with E-state index in [0.29, 0.717) is 21.6 Å². The van der Waals surface area contributed by atoms with Crippen molar-refractivity contribution in [3.05, 3.63) is 76.0 Å². The van der Waals surface area contributed by atoms with Crippen molar-refractivity contribution in [1.82, 2.24) is 14.9 Å². The van der Waals surface area contributed by atoms with Gasteiger partial charge in [0.15, 0.2) is 11.6 Å². The Morgan fingerprint density at radius 2 is 1.84 bits per heavy atom. The van der Waals surface area contributed by atoms with Gasteiger partial charge in [-0.05, 0) is 67.4 Å². The first kappa shape index (κ1) is 21.1. The van der Waals surface area contributed by atoms with Crippen molar-refractivity contribution in [2.24, 2.45) is 0 Å². The summed E-state index contributed by atoms with van der Waals surface area (Å²) in [6, 6.07) is 13.7. The number of anilines is 1. The number of hydrogen-bond donors (Lipinski definition) is 2. The normalized spacial score (nSPS) is 14.3. The van der Waals surface area contributed by atoms with Crippen LogP contribution in [-0.2, 0) is 13.2 Å². The average Bonchev–Trinajstić information content (AvgIpc) is 3.44. The molecule has 3 N–H and O–H groups in total. The molecule has 0 bridgehead atoms. The third-order valence-electron chi connectivity index (χ3n) is 6.03. The summed E-state index contributed by atoms with van der Waals surface area (Å²) < 4.78 is 6.13. The van der Waals surface area contributed by atoms with E-state index < -0.39 is 0 Å². The van der Waals surface area contributed by atoms with Gasteiger partial charge in [-0.25, -0.2) is 4.98 Å². The fraction of sp³-hybridized carbons (Fsp3) is 0.240. The van der Waals surface area contributed by atoms with Gasteiger partial charge in [-0.15, -0.1) is 0 Å². The first-order valence-corrected chi connectivity index (χ1v) is 11.5. The predicted molar refractivity (Wildman–Crippen MR) is 131 cm³/mol.